The van der Waals surface area contributed by atoms with Crippen molar-refractivity contribution in [1.82, 2.24) is 19.4 Å². The molecular formula is C32H41FN4O4. The molecule has 0 N–H and O–H groups in total. The minimum absolute atomic E-state index is 0.0134. The number of benzene rings is 1. The van der Waals surface area contributed by atoms with E-state index in [2.05, 4.69) is 4.98 Å². The van der Waals surface area contributed by atoms with Gasteiger partial charge < -0.3 is 19.1 Å². The number of rotatable bonds is 6. The van der Waals surface area contributed by atoms with Gasteiger partial charge in [0.15, 0.2) is 5.78 Å². The quantitative estimate of drug-likeness (QED) is 0.317. The minimum Gasteiger partial charge on any atom is -0.444 e. The molecule has 0 radical (unpaired) electrons. The van der Waals surface area contributed by atoms with Crippen LogP contribution in [0.25, 0.3) is 16.6 Å². The molecule has 1 saturated heterocycles. The summed E-state index contributed by atoms with van der Waals surface area (Å²) in [6.45, 7) is 15.9. The summed E-state index contributed by atoms with van der Waals surface area (Å²) in [5.74, 6) is -1.09. The zero-order valence-corrected chi connectivity index (χ0v) is 25.3. The van der Waals surface area contributed by atoms with Gasteiger partial charge in [-0.1, -0.05) is 0 Å². The van der Waals surface area contributed by atoms with Gasteiger partial charge in [0, 0.05) is 53.9 Å². The van der Waals surface area contributed by atoms with Crippen LogP contribution in [0.15, 0.2) is 36.7 Å². The van der Waals surface area contributed by atoms with Crippen molar-refractivity contribution in [1.29, 1.82) is 0 Å². The molecule has 3 aromatic rings. The van der Waals surface area contributed by atoms with Crippen molar-refractivity contribution in [3.63, 3.8) is 0 Å². The summed E-state index contributed by atoms with van der Waals surface area (Å²) in [5.41, 5.74) is 2.01. The van der Waals surface area contributed by atoms with E-state index in [0.717, 1.165) is 5.39 Å². The Labute approximate surface area is 241 Å². The van der Waals surface area contributed by atoms with E-state index in [0.29, 0.717) is 48.4 Å². The van der Waals surface area contributed by atoms with E-state index in [4.69, 9.17) is 4.74 Å². The highest BCUT2D eigenvalue weighted by atomic mass is 19.1. The second-order valence-electron chi connectivity index (χ2n) is 12.1. The summed E-state index contributed by atoms with van der Waals surface area (Å²) < 4.78 is 21.9. The Hall–Kier alpha value is -3.75. The Balaban J connectivity index is 1.75. The highest BCUT2D eigenvalue weighted by Gasteiger charge is 2.37. The van der Waals surface area contributed by atoms with Crippen LogP contribution in [-0.4, -0.2) is 67.9 Å². The van der Waals surface area contributed by atoms with Gasteiger partial charge in [0.25, 0.3) is 5.91 Å². The zero-order chi connectivity index (χ0) is 30.2. The molecule has 4 rings (SSSR count). The third-order valence-electron chi connectivity index (χ3n) is 7.78. The van der Waals surface area contributed by atoms with Crippen molar-refractivity contribution in [3.05, 3.63) is 59.3 Å². The molecule has 9 heteroatoms. The fourth-order valence-corrected chi connectivity index (χ4v) is 5.86. The molecule has 0 unspecified atom stereocenters. The number of hydrogen-bond acceptors (Lipinski definition) is 5. The van der Waals surface area contributed by atoms with E-state index >= 15 is 0 Å². The lowest BCUT2D eigenvalue weighted by Crippen LogP contribution is -2.48. The van der Waals surface area contributed by atoms with Gasteiger partial charge in [-0.2, -0.15) is 0 Å². The van der Waals surface area contributed by atoms with Crippen LogP contribution in [0.1, 0.15) is 87.7 Å². The molecular weight excluding hydrogens is 523 g/mol. The topological polar surface area (TPSA) is 84.7 Å². The van der Waals surface area contributed by atoms with Crippen LogP contribution in [0, 0.1) is 18.7 Å². The van der Waals surface area contributed by atoms with E-state index in [1.165, 1.54) is 12.1 Å². The number of hydrogen-bond donors (Lipinski definition) is 0. The molecule has 1 fully saturated rings. The van der Waals surface area contributed by atoms with E-state index in [1.807, 2.05) is 66.0 Å². The molecule has 2 atom stereocenters. The molecule has 0 aliphatic carbocycles. The second kappa shape index (κ2) is 11.6. The lowest BCUT2D eigenvalue weighted by molar-refractivity contribution is 0.00734. The van der Waals surface area contributed by atoms with E-state index in [9.17, 15) is 18.8 Å². The summed E-state index contributed by atoms with van der Waals surface area (Å²) >= 11 is 0. The Morgan fingerprint density at radius 1 is 1.20 bits per heavy atom. The van der Waals surface area contributed by atoms with Crippen LogP contribution in [0.2, 0.25) is 0 Å². The van der Waals surface area contributed by atoms with E-state index in [1.54, 1.807) is 28.3 Å². The third-order valence-corrected chi connectivity index (χ3v) is 7.78. The van der Waals surface area contributed by atoms with Gasteiger partial charge in [0.05, 0.1) is 23.0 Å². The molecule has 1 aliphatic rings. The van der Waals surface area contributed by atoms with Crippen LogP contribution in [0.4, 0.5) is 9.18 Å². The number of pyridine rings is 1. The van der Waals surface area contributed by atoms with E-state index < -0.39 is 11.4 Å². The predicted octanol–water partition coefficient (Wildman–Crippen LogP) is 6.56. The third kappa shape index (κ3) is 5.99. The number of nitrogens with zero attached hydrogens (tertiary/aromatic N) is 4. The smallest absolute Gasteiger partial charge is 0.410 e. The average molecular weight is 565 g/mol. The monoisotopic (exact) mass is 564 g/mol. The number of halogens is 1. The largest absolute Gasteiger partial charge is 0.444 e. The fraction of sp³-hybridized carbons (Fsp3) is 0.500. The highest BCUT2D eigenvalue weighted by molar-refractivity contribution is 6.11. The first-order valence-corrected chi connectivity index (χ1v) is 14.3. The fourth-order valence-electron chi connectivity index (χ4n) is 5.86. The number of carbonyl (C=O) groups excluding carboxylic acids is 3. The number of likely N-dealkylation sites (tertiary alicyclic amines) is 1. The summed E-state index contributed by atoms with van der Waals surface area (Å²) in [4.78, 5) is 48.2. The first kappa shape index (κ1) is 30.2. The number of piperidine rings is 1. The molecule has 1 aromatic carbocycles. The van der Waals surface area contributed by atoms with Gasteiger partial charge in [-0.3, -0.25) is 14.6 Å². The van der Waals surface area contributed by atoms with Crippen molar-refractivity contribution < 1.29 is 23.5 Å². The summed E-state index contributed by atoms with van der Waals surface area (Å²) in [7, 11) is 0. The summed E-state index contributed by atoms with van der Waals surface area (Å²) in [6.07, 6.45) is 3.97. The maximum atomic E-state index is 14.5. The van der Waals surface area contributed by atoms with Gasteiger partial charge in [-0.05, 0) is 92.5 Å². The zero-order valence-electron chi connectivity index (χ0n) is 25.3. The molecule has 41 heavy (non-hydrogen) atoms. The Morgan fingerprint density at radius 2 is 1.90 bits per heavy atom. The van der Waals surface area contributed by atoms with Crippen molar-refractivity contribution in [2.75, 3.05) is 13.1 Å². The average Bonchev–Trinajstić information content (AvgIpc) is 3.18. The SMILES string of the molecule is CCN(C(=O)c1cc(F)ccc1-n1c(C)c(C(=O)[C@H]2CCN(C(=O)OC(C)(C)C)[C@H](C)C2)c2ccncc21)C(C)C. The summed E-state index contributed by atoms with van der Waals surface area (Å²) in [5, 5.41) is 0.726. The molecule has 0 spiro atoms. The van der Waals surface area contributed by atoms with Crippen molar-refractivity contribution in [2.24, 2.45) is 5.92 Å². The van der Waals surface area contributed by atoms with Crippen LogP contribution >= 0.6 is 0 Å². The Bertz CT molecular complexity index is 1470. The Morgan fingerprint density at radius 3 is 2.51 bits per heavy atom. The standard InChI is InChI=1S/C32H41FN4O4/c1-9-35(19(2)3)30(39)25-17-23(33)10-11-26(25)37-21(5)28(24-12-14-34-18-27(24)37)29(38)22-13-15-36(20(4)16-22)31(40)41-32(6,7)8/h10-12,14,17-20,22H,9,13,15-16H2,1-8H3/t20-,22+/m1/s1. The lowest BCUT2D eigenvalue weighted by Gasteiger charge is -2.37. The molecule has 0 saturated carbocycles. The van der Waals surface area contributed by atoms with Crippen LogP contribution in [0.5, 0.6) is 0 Å². The van der Waals surface area contributed by atoms with Crippen molar-refractivity contribution in [3.8, 4) is 5.69 Å². The van der Waals surface area contributed by atoms with Gasteiger partial charge in [-0.25, -0.2) is 9.18 Å². The maximum absolute atomic E-state index is 14.5. The van der Waals surface area contributed by atoms with Crippen LogP contribution < -0.4 is 0 Å². The second-order valence-corrected chi connectivity index (χ2v) is 12.1. The van der Waals surface area contributed by atoms with Gasteiger partial charge in [0.1, 0.15) is 11.4 Å². The summed E-state index contributed by atoms with van der Waals surface area (Å²) in [6, 6.07) is 5.75. The Kier molecular flexibility index (Phi) is 8.57. The number of carbonyl (C=O) groups is 3. The van der Waals surface area contributed by atoms with E-state index in [-0.39, 0.29) is 41.3 Å². The normalized spacial score (nSPS) is 17.7. The van der Waals surface area contributed by atoms with Gasteiger partial charge in [-0.15, -0.1) is 0 Å². The number of Topliss-reactive ketones (excluding diaryl/α,β-unsaturated/α-hetero) is 1. The lowest BCUT2D eigenvalue weighted by atomic mass is 9.85. The van der Waals surface area contributed by atoms with Gasteiger partial charge in [0.2, 0.25) is 0 Å². The first-order valence-electron chi connectivity index (χ1n) is 14.3. The van der Waals surface area contributed by atoms with Crippen molar-refractivity contribution >= 4 is 28.7 Å². The highest BCUT2D eigenvalue weighted by Crippen LogP contribution is 2.35. The van der Waals surface area contributed by atoms with Gasteiger partial charge >= 0.3 is 6.09 Å². The predicted molar refractivity (Wildman–Crippen MR) is 157 cm³/mol. The number of aromatic nitrogens is 2. The number of ether oxygens (including phenoxy) is 1. The van der Waals surface area contributed by atoms with Crippen LogP contribution in [-0.2, 0) is 4.74 Å². The number of ketones is 1. The van der Waals surface area contributed by atoms with Crippen LogP contribution in [0.3, 0.4) is 0 Å². The number of fused-ring (bicyclic) bond motifs is 1. The first-order chi connectivity index (χ1) is 19.2. The molecule has 1 aliphatic heterocycles. The maximum Gasteiger partial charge on any atom is 0.410 e. The molecule has 3 heterocycles. The molecule has 0 bridgehead atoms. The minimum atomic E-state index is -0.597. The molecule has 2 amide bonds. The molecule has 2 aromatic heterocycles. The molecule has 8 nitrogen and oxygen atoms in total. The number of amides is 2. The molecule has 220 valence electrons. The van der Waals surface area contributed by atoms with Crippen molar-refractivity contribution in [2.45, 2.75) is 85.9 Å².